The van der Waals surface area contributed by atoms with Gasteiger partial charge in [0.05, 0.1) is 18.7 Å². The minimum atomic E-state index is 0. The molecule has 0 saturated carbocycles. The summed E-state index contributed by atoms with van der Waals surface area (Å²) in [5.74, 6) is 0.974. The first-order valence-electron chi connectivity index (χ1n) is 13.9. The first kappa shape index (κ1) is 32.4. The Kier molecular flexibility index (Phi) is 12.0. The maximum atomic E-state index is 12.9. The molecule has 41 heavy (non-hydrogen) atoms. The average Bonchev–Trinajstić information content (AvgIpc) is 2.99. The number of hydrogen-bond acceptors (Lipinski definition) is 5. The molecule has 218 valence electrons. The zero-order chi connectivity index (χ0) is 27.2. The van der Waals surface area contributed by atoms with Crippen molar-refractivity contribution in [2.24, 2.45) is 0 Å². The van der Waals surface area contributed by atoms with Gasteiger partial charge in [0.25, 0.3) is 5.91 Å². The second-order valence-electron chi connectivity index (χ2n) is 10.1. The largest absolute Gasteiger partial charge is 0.497 e. The molecule has 1 aliphatic heterocycles. The molecule has 1 aromatic heterocycles. The summed E-state index contributed by atoms with van der Waals surface area (Å²) in [5.41, 5.74) is 5.47. The molecular formula is C33H40Cl2N4O2. The number of amides is 1. The van der Waals surface area contributed by atoms with E-state index in [0.29, 0.717) is 13.1 Å². The molecule has 1 amide bonds. The molecule has 1 unspecified atom stereocenters. The fourth-order valence-corrected chi connectivity index (χ4v) is 5.61. The van der Waals surface area contributed by atoms with Gasteiger partial charge < -0.3 is 9.64 Å². The topological polar surface area (TPSA) is 48.9 Å². The van der Waals surface area contributed by atoms with Crippen LogP contribution in [0.4, 0.5) is 0 Å². The van der Waals surface area contributed by atoms with Crippen molar-refractivity contribution in [3.05, 3.63) is 107 Å². The van der Waals surface area contributed by atoms with Crippen LogP contribution >= 0.6 is 24.8 Å². The maximum absolute atomic E-state index is 12.9. The van der Waals surface area contributed by atoms with E-state index in [9.17, 15) is 4.79 Å². The fourth-order valence-electron chi connectivity index (χ4n) is 5.61. The van der Waals surface area contributed by atoms with Crippen LogP contribution in [0.1, 0.15) is 46.9 Å². The summed E-state index contributed by atoms with van der Waals surface area (Å²) in [6.07, 6.45) is 1.88. The van der Waals surface area contributed by atoms with Crippen molar-refractivity contribution in [2.45, 2.75) is 26.4 Å². The summed E-state index contributed by atoms with van der Waals surface area (Å²) in [6.45, 7) is 10.3. The SMILES string of the molecule is CCN(CC)C(=O)c1ccc(C(c2cccc3cccnc23)N2CCN(Cc3ccc(OC)cc3)CC2)cc1.Cl.Cl. The molecule has 1 saturated heterocycles. The van der Waals surface area contributed by atoms with Crippen LogP contribution in [0.25, 0.3) is 10.9 Å². The highest BCUT2D eigenvalue weighted by molar-refractivity contribution is 5.94. The van der Waals surface area contributed by atoms with E-state index in [1.807, 2.05) is 55.3 Å². The fraction of sp³-hybridized carbons (Fsp3) is 0.333. The highest BCUT2D eigenvalue weighted by Crippen LogP contribution is 2.34. The Balaban J connectivity index is 0.00000231. The lowest BCUT2D eigenvalue weighted by Crippen LogP contribution is -2.47. The molecule has 2 heterocycles. The van der Waals surface area contributed by atoms with E-state index < -0.39 is 0 Å². The van der Waals surface area contributed by atoms with Crippen molar-refractivity contribution in [3.63, 3.8) is 0 Å². The Morgan fingerprint density at radius 3 is 2.17 bits per heavy atom. The van der Waals surface area contributed by atoms with Crippen LogP contribution in [0, 0.1) is 0 Å². The van der Waals surface area contributed by atoms with Crippen molar-refractivity contribution in [1.29, 1.82) is 0 Å². The van der Waals surface area contributed by atoms with Gasteiger partial charge in [-0.15, -0.1) is 24.8 Å². The van der Waals surface area contributed by atoms with E-state index in [1.165, 1.54) is 16.7 Å². The number of pyridine rings is 1. The van der Waals surface area contributed by atoms with Gasteiger partial charge >= 0.3 is 0 Å². The maximum Gasteiger partial charge on any atom is 0.253 e. The van der Waals surface area contributed by atoms with Crippen molar-refractivity contribution in [3.8, 4) is 5.75 Å². The number of para-hydroxylation sites is 1. The highest BCUT2D eigenvalue weighted by Gasteiger charge is 2.28. The molecule has 5 rings (SSSR count). The molecule has 3 aromatic carbocycles. The Morgan fingerprint density at radius 2 is 1.54 bits per heavy atom. The Bertz CT molecular complexity index is 1380. The quantitative estimate of drug-likeness (QED) is 0.222. The summed E-state index contributed by atoms with van der Waals surface area (Å²) in [4.78, 5) is 24.7. The van der Waals surface area contributed by atoms with Gasteiger partial charge in [0.2, 0.25) is 0 Å². The van der Waals surface area contributed by atoms with Gasteiger partial charge in [-0.1, -0.05) is 48.5 Å². The standard InChI is InChI=1S/C33H38N4O2.2ClH/c1-4-36(5-2)33(38)28-15-13-27(14-16-28)32(30-10-6-8-26-9-7-19-34-31(26)30)37-22-20-35(21-23-37)24-25-11-17-29(39-3)18-12-25;;/h6-19,32H,4-5,20-24H2,1-3H3;2*1H. The monoisotopic (exact) mass is 594 g/mol. The summed E-state index contributed by atoms with van der Waals surface area (Å²) in [5, 5.41) is 1.14. The first-order valence-corrected chi connectivity index (χ1v) is 13.9. The van der Waals surface area contributed by atoms with Crippen LogP contribution < -0.4 is 4.74 Å². The lowest BCUT2D eigenvalue weighted by molar-refractivity contribution is 0.0773. The number of piperazine rings is 1. The van der Waals surface area contributed by atoms with Crippen LogP contribution in [0.3, 0.4) is 0 Å². The third-order valence-electron chi connectivity index (χ3n) is 7.82. The average molecular weight is 596 g/mol. The van der Waals surface area contributed by atoms with Crippen LogP contribution in [0.5, 0.6) is 5.75 Å². The molecule has 0 radical (unpaired) electrons. The van der Waals surface area contributed by atoms with Crippen LogP contribution in [-0.2, 0) is 6.54 Å². The molecule has 1 fully saturated rings. The van der Waals surface area contributed by atoms with E-state index in [-0.39, 0.29) is 36.8 Å². The van der Waals surface area contributed by atoms with E-state index >= 15 is 0 Å². The van der Waals surface area contributed by atoms with Gasteiger partial charge in [-0.05, 0) is 55.3 Å². The normalized spacial score (nSPS) is 14.5. The van der Waals surface area contributed by atoms with Gasteiger partial charge in [0.1, 0.15) is 5.75 Å². The molecule has 6 nitrogen and oxygen atoms in total. The second-order valence-corrected chi connectivity index (χ2v) is 10.1. The van der Waals surface area contributed by atoms with E-state index in [0.717, 1.165) is 54.9 Å². The minimum Gasteiger partial charge on any atom is -0.497 e. The van der Waals surface area contributed by atoms with Crippen LogP contribution in [0.2, 0.25) is 0 Å². The summed E-state index contributed by atoms with van der Waals surface area (Å²) in [6, 6.07) is 27.2. The summed E-state index contributed by atoms with van der Waals surface area (Å²) >= 11 is 0. The number of carbonyl (C=O) groups excluding carboxylic acids is 1. The molecular weight excluding hydrogens is 555 g/mol. The number of nitrogens with zero attached hydrogens (tertiary/aromatic N) is 4. The van der Waals surface area contributed by atoms with Gasteiger partial charge in [-0.2, -0.15) is 0 Å². The number of methoxy groups -OCH3 is 1. The van der Waals surface area contributed by atoms with Gasteiger partial charge in [-0.25, -0.2) is 0 Å². The number of carbonyl (C=O) groups is 1. The molecule has 1 atom stereocenters. The van der Waals surface area contributed by atoms with Crippen LogP contribution in [0.15, 0.2) is 85.1 Å². The number of rotatable bonds is 9. The molecule has 1 aliphatic rings. The lowest BCUT2D eigenvalue weighted by Gasteiger charge is -2.40. The van der Waals surface area contributed by atoms with Gasteiger partial charge in [-0.3, -0.25) is 19.6 Å². The molecule has 4 aromatic rings. The summed E-state index contributed by atoms with van der Waals surface area (Å²) < 4.78 is 5.31. The Hall–Kier alpha value is -3.16. The predicted octanol–water partition coefficient (Wildman–Crippen LogP) is 6.48. The van der Waals surface area contributed by atoms with Gasteiger partial charge in [0, 0.05) is 68.5 Å². The molecule has 0 bridgehead atoms. The predicted molar refractivity (Wildman–Crippen MR) is 172 cm³/mol. The molecule has 0 spiro atoms. The van der Waals surface area contributed by atoms with Crippen LogP contribution in [-0.4, -0.2) is 72.0 Å². The number of hydrogen-bond donors (Lipinski definition) is 0. The smallest absolute Gasteiger partial charge is 0.253 e. The minimum absolute atomic E-state index is 0. The third kappa shape index (κ3) is 7.38. The molecule has 8 heteroatoms. The Morgan fingerprint density at radius 1 is 0.878 bits per heavy atom. The Labute approximate surface area is 256 Å². The molecule has 0 N–H and O–H groups in total. The zero-order valence-corrected chi connectivity index (χ0v) is 25.7. The van der Waals surface area contributed by atoms with Gasteiger partial charge in [0.15, 0.2) is 0 Å². The third-order valence-corrected chi connectivity index (χ3v) is 7.82. The lowest BCUT2D eigenvalue weighted by atomic mass is 9.93. The van der Waals surface area contributed by atoms with E-state index in [1.54, 1.807) is 7.11 Å². The zero-order valence-electron chi connectivity index (χ0n) is 24.0. The van der Waals surface area contributed by atoms with Crippen molar-refractivity contribution >= 4 is 41.6 Å². The van der Waals surface area contributed by atoms with E-state index in [4.69, 9.17) is 9.72 Å². The van der Waals surface area contributed by atoms with Crippen molar-refractivity contribution in [1.82, 2.24) is 19.7 Å². The first-order chi connectivity index (χ1) is 19.1. The highest BCUT2D eigenvalue weighted by atomic mass is 35.5. The van der Waals surface area contributed by atoms with Crippen molar-refractivity contribution in [2.75, 3.05) is 46.4 Å². The van der Waals surface area contributed by atoms with E-state index in [2.05, 4.69) is 58.3 Å². The number of benzene rings is 3. The number of halogens is 2. The molecule has 0 aliphatic carbocycles. The van der Waals surface area contributed by atoms with Crippen molar-refractivity contribution < 1.29 is 9.53 Å². The number of fused-ring (bicyclic) bond motifs is 1. The number of aromatic nitrogens is 1. The summed E-state index contributed by atoms with van der Waals surface area (Å²) in [7, 11) is 1.70. The number of ether oxygens (including phenoxy) is 1. The second kappa shape index (κ2) is 15.2.